The minimum absolute atomic E-state index is 0.0228. The zero-order valence-corrected chi connectivity index (χ0v) is 11.6. The van der Waals surface area contributed by atoms with Crippen molar-refractivity contribution in [3.05, 3.63) is 30.3 Å². The second-order valence-electron chi connectivity index (χ2n) is 4.19. The summed E-state index contributed by atoms with van der Waals surface area (Å²) >= 11 is 0. The van der Waals surface area contributed by atoms with E-state index < -0.39 is 9.05 Å². The molecule has 2 aromatic carbocycles. The standard InChI is InChI=1S/C12H13ClN2O2S/c1-15(2)11-5-3-4-9-8(11)6-7-10(14)12(9)18(13,16)17/h3-7H,14H2,1-2H3. The summed E-state index contributed by atoms with van der Waals surface area (Å²) < 4.78 is 23.2. The van der Waals surface area contributed by atoms with Gasteiger partial charge in [0.25, 0.3) is 9.05 Å². The molecular weight excluding hydrogens is 272 g/mol. The average molecular weight is 285 g/mol. The van der Waals surface area contributed by atoms with Crippen molar-refractivity contribution < 1.29 is 8.42 Å². The Morgan fingerprint density at radius 1 is 1.11 bits per heavy atom. The molecule has 0 atom stereocenters. The zero-order valence-electron chi connectivity index (χ0n) is 10.0. The van der Waals surface area contributed by atoms with E-state index in [0.29, 0.717) is 5.39 Å². The second-order valence-corrected chi connectivity index (χ2v) is 6.69. The molecule has 0 aromatic heterocycles. The van der Waals surface area contributed by atoms with Crippen molar-refractivity contribution in [3.63, 3.8) is 0 Å². The van der Waals surface area contributed by atoms with Crippen LogP contribution in [-0.2, 0) is 9.05 Å². The van der Waals surface area contributed by atoms with Crippen LogP contribution in [0.4, 0.5) is 11.4 Å². The summed E-state index contributed by atoms with van der Waals surface area (Å²) in [5.41, 5.74) is 6.79. The number of rotatable bonds is 2. The van der Waals surface area contributed by atoms with Gasteiger partial charge in [-0.15, -0.1) is 0 Å². The number of hydrogen-bond acceptors (Lipinski definition) is 4. The van der Waals surface area contributed by atoms with E-state index in [9.17, 15) is 8.42 Å². The molecule has 0 fully saturated rings. The highest BCUT2D eigenvalue weighted by Gasteiger charge is 2.19. The Morgan fingerprint density at radius 3 is 2.33 bits per heavy atom. The fraction of sp³-hybridized carbons (Fsp3) is 0.167. The van der Waals surface area contributed by atoms with Crippen LogP contribution >= 0.6 is 10.7 Å². The lowest BCUT2D eigenvalue weighted by atomic mass is 10.1. The third-order valence-electron chi connectivity index (χ3n) is 2.75. The van der Waals surface area contributed by atoms with Gasteiger partial charge in [-0.25, -0.2) is 8.42 Å². The number of benzene rings is 2. The Labute approximate surface area is 110 Å². The summed E-state index contributed by atoms with van der Waals surface area (Å²) in [6.45, 7) is 0. The van der Waals surface area contributed by atoms with E-state index in [1.165, 1.54) is 0 Å². The molecule has 0 saturated carbocycles. The van der Waals surface area contributed by atoms with Gasteiger partial charge in [0.2, 0.25) is 0 Å². The average Bonchev–Trinajstić information content (AvgIpc) is 2.25. The van der Waals surface area contributed by atoms with Gasteiger partial charge in [0.1, 0.15) is 4.90 Å². The van der Waals surface area contributed by atoms with E-state index in [0.717, 1.165) is 11.1 Å². The van der Waals surface area contributed by atoms with E-state index in [4.69, 9.17) is 16.4 Å². The van der Waals surface area contributed by atoms with Gasteiger partial charge in [-0.3, -0.25) is 0 Å². The van der Waals surface area contributed by atoms with Gasteiger partial charge in [0, 0.05) is 41.2 Å². The van der Waals surface area contributed by atoms with E-state index >= 15 is 0 Å². The number of nitrogen functional groups attached to an aromatic ring is 1. The quantitative estimate of drug-likeness (QED) is 0.679. The van der Waals surface area contributed by atoms with Gasteiger partial charge in [-0.1, -0.05) is 18.2 Å². The topological polar surface area (TPSA) is 63.4 Å². The molecule has 0 unspecified atom stereocenters. The molecule has 0 bridgehead atoms. The number of nitrogens with two attached hydrogens (primary N) is 1. The molecule has 0 heterocycles. The van der Waals surface area contributed by atoms with Crippen molar-refractivity contribution in [1.82, 2.24) is 0 Å². The Hall–Kier alpha value is -1.46. The summed E-state index contributed by atoms with van der Waals surface area (Å²) in [7, 11) is 5.36. The van der Waals surface area contributed by atoms with Gasteiger partial charge >= 0.3 is 0 Å². The van der Waals surface area contributed by atoms with Gasteiger partial charge in [-0.2, -0.15) is 0 Å². The normalized spacial score (nSPS) is 11.7. The van der Waals surface area contributed by atoms with Crippen molar-refractivity contribution in [2.75, 3.05) is 24.7 Å². The maximum Gasteiger partial charge on any atom is 0.263 e. The fourth-order valence-electron chi connectivity index (χ4n) is 1.99. The van der Waals surface area contributed by atoms with E-state index in [2.05, 4.69) is 0 Å². The number of halogens is 1. The molecule has 0 saturated heterocycles. The van der Waals surface area contributed by atoms with E-state index in [-0.39, 0.29) is 10.6 Å². The summed E-state index contributed by atoms with van der Waals surface area (Å²) in [5, 5.41) is 1.34. The van der Waals surface area contributed by atoms with Crippen molar-refractivity contribution >= 4 is 41.9 Å². The van der Waals surface area contributed by atoms with Crippen LogP contribution in [0, 0.1) is 0 Å². The third-order valence-corrected chi connectivity index (χ3v) is 4.15. The molecule has 2 rings (SSSR count). The fourth-order valence-corrected chi connectivity index (χ4v) is 3.30. The van der Waals surface area contributed by atoms with Gasteiger partial charge in [0.05, 0.1) is 5.69 Å². The highest BCUT2D eigenvalue weighted by molar-refractivity contribution is 8.14. The first-order valence-electron chi connectivity index (χ1n) is 5.25. The molecule has 96 valence electrons. The van der Waals surface area contributed by atoms with Crippen LogP contribution < -0.4 is 10.6 Å². The summed E-state index contributed by atoms with van der Waals surface area (Å²) in [6, 6.07) is 8.75. The smallest absolute Gasteiger partial charge is 0.263 e. The summed E-state index contributed by atoms with van der Waals surface area (Å²) in [5.74, 6) is 0. The van der Waals surface area contributed by atoms with Crippen LogP contribution in [0.25, 0.3) is 10.8 Å². The lowest BCUT2D eigenvalue weighted by Gasteiger charge is -2.17. The highest BCUT2D eigenvalue weighted by Crippen LogP contribution is 2.35. The maximum atomic E-state index is 11.6. The van der Waals surface area contributed by atoms with E-state index in [1.54, 1.807) is 24.3 Å². The van der Waals surface area contributed by atoms with Crippen LogP contribution in [0.2, 0.25) is 0 Å². The van der Waals surface area contributed by atoms with Gasteiger partial charge in [0.15, 0.2) is 0 Å². The predicted molar refractivity (Wildman–Crippen MR) is 75.7 cm³/mol. The Kier molecular flexibility index (Phi) is 3.12. The minimum Gasteiger partial charge on any atom is -0.398 e. The lowest BCUT2D eigenvalue weighted by molar-refractivity contribution is 0.610. The molecule has 0 aliphatic carbocycles. The lowest BCUT2D eigenvalue weighted by Crippen LogP contribution is -2.09. The predicted octanol–water partition coefficient (Wildman–Crippen LogP) is 2.42. The number of fused-ring (bicyclic) bond motifs is 1. The largest absolute Gasteiger partial charge is 0.398 e. The maximum absolute atomic E-state index is 11.6. The molecule has 0 radical (unpaired) electrons. The van der Waals surface area contributed by atoms with Gasteiger partial charge < -0.3 is 10.6 Å². The molecule has 2 N–H and O–H groups in total. The Bertz CT molecular complexity index is 711. The molecule has 0 amide bonds. The second kappa shape index (κ2) is 4.33. The van der Waals surface area contributed by atoms with Crippen molar-refractivity contribution in [2.45, 2.75) is 4.90 Å². The number of anilines is 2. The first-order chi connectivity index (χ1) is 8.32. The zero-order chi connectivity index (χ0) is 13.5. The Balaban J connectivity index is 2.96. The van der Waals surface area contributed by atoms with Crippen LogP contribution in [0.3, 0.4) is 0 Å². The van der Waals surface area contributed by atoms with Crippen LogP contribution in [-0.4, -0.2) is 22.5 Å². The SMILES string of the molecule is CN(C)c1cccc2c(S(=O)(=O)Cl)c(N)ccc12. The number of hydrogen-bond donors (Lipinski definition) is 1. The molecule has 6 heteroatoms. The number of nitrogens with zero attached hydrogens (tertiary/aromatic N) is 1. The highest BCUT2D eigenvalue weighted by atomic mass is 35.7. The van der Waals surface area contributed by atoms with E-state index in [1.807, 2.05) is 25.1 Å². The molecule has 0 aliphatic heterocycles. The molecule has 0 aliphatic rings. The van der Waals surface area contributed by atoms with Crippen LogP contribution in [0.5, 0.6) is 0 Å². The van der Waals surface area contributed by atoms with Crippen LogP contribution in [0.15, 0.2) is 35.2 Å². The first-order valence-corrected chi connectivity index (χ1v) is 7.56. The molecule has 4 nitrogen and oxygen atoms in total. The summed E-state index contributed by atoms with van der Waals surface area (Å²) in [4.78, 5) is 1.88. The van der Waals surface area contributed by atoms with Crippen LogP contribution in [0.1, 0.15) is 0 Å². The van der Waals surface area contributed by atoms with Crippen molar-refractivity contribution in [2.24, 2.45) is 0 Å². The van der Waals surface area contributed by atoms with Crippen molar-refractivity contribution in [1.29, 1.82) is 0 Å². The molecule has 0 spiro atoms. The molecule has 2 aromatic rings. The minimum atomic E-state index is -3.87. The molecular formula is C12H13ClN2O2S. The monoisotopic (exact) mass is 284 g/mol. The third kappa shape index (κ3) is 2.11. The first kappa shape index (κ1) is 13.0. The van der Waals surface area contributed by atoms with Gasteiger partial charge in [-0.05, 0) is 12.1 Å². The Morgan fingerprint density at radius 2 is 1.78 bits per heavy atom. The van der Waals surface area contributed by atoms with Crippen molar-refractivity contribution in [3.8, 4) is 0 Å². The summed E-state index contributed by atoms with van der Waals surface area (Å²) in [6.07, 6.45) is 0. The molecule has 18 heavy (non-hydrogen) atoms.